The minimum atomic E-state index is -0.654. The summed E-state index contributed by atoms with van der Waals surface area (Å²) in [7, 11) is 0. The summed E-state index contributed by atoms with van der Waals surface area (Å²) >= 11 is 5.74. The number of nitro groups is 1. The zero-order valence-electron chi connectivity index (χ0n) is 11.5. The van der Waals surface area contributed by atoms with Gasteiger partial charge in [0.15, 0.2) is 0 Å². The average molecular weight is 314 g/mol. The fourth-order valence-corrected chi connectivity index (χ4v) is 1.76. The summed E-state index contributed by atoms with van der Waals surface area (Å²) in [5, 5.41) is 16.2. The summed E-state index contributed by atoms with van der Waals surface area (Å²) in [5.74, 6) is -0.815. The number of amides is 2. The number of carbonyl (C=O) groups is 2. The molecule has 0 bridgehead atoms. The van der Waals surface area contributed by atoms with E-state index < -0.39 is 10.8 Å². The van der Waals surface area contributed by atoms with E-state index in [0.717, 1.165) is 6.42 Å². The standard InChI is InChI=1S/C13H16ClN3O4/c1-2-6-15-12(18)5-7-16-13(19)10-8-9(14)3-4-11(10)17(20)21/h3-4,8H,2,5-7H2,1H3,(H,15,18)(H,16,19). The Hall–Kier alpha value is -2.15. The smallest absolute Gasteiger partial charge is 0.282 e. The molecule has 7 nitrogen and oxygen atoms in total. The van der Waals surface area contributed by atoms with Crippen molar-refractivity contribution in [3.05, 3.63) is 38.9 Å². The molecule has 1 aromatic rings. The highest BCUT2D eigenvalue weighted by Crippen LogP contribution is 2.22. The summed E-state index contributed by atoms with van der Waals surface area (Å²) in [6.45, 7) is 2.60. The molecule has 0 aromatic heterocycles. The first kappa shape index (κ1) is 16.9. The summed E-state index contributed by atoms with van der Waals surface area (Å²) in [5.41, 5.74) is -0.450. The van der Waals surface area contributed by atoms with Crippen LogP contribution in [0.2, 0.25) is 5.02 Å². The molecule has 0 atom stereocenters. The first-order valence-corrected chi connectivity index (χ1v) is 6.82. The average Bonchev–Trinajstić information content (AvgIpc) is 2.44. The lowest BCUT2D eigenvalue weighted by atomic mass is 10.1. The lowest BCUT2D eigenvalue weighted by Gasteiger charge is -2.07. The van der Waals surface area contributed by atoms with Crippen LogP contribution in [-0.4, -0.2) is 29.8 Å². The van der Waals surface area contributed by atoms with E-state index in [1.165, 1.54) is 18.2 Å². The van der Waals surface area contributed by atoms with Gasteiger partial charge in [0.2, 0.25) is 5.91 Å². The van der Waals surface area contributed by atoms with Crippen molar-refractivity contribution in [2.75, 3.05) is 13.1 Å². The van der Waals surface area contributed by atoms with Gasteiger partial charge in [-0.2, -0.15) is 0 Å². The number of carbonyl (C=O) groups excluding carboxylic acids is 2. The van der Waals surface area contributed by atoms with Gasteiger partial charge in [-0.3, -0.25) is 19.7 Å². The number of nitrogens with one attached hydrogen (secondary N) is 2. The molecule has 0 radical (unpaired) electrons. The second kappa shape index (κ2) is 8.21. The highest BCUT2D eigenvalue weighted by atomic mass is 35.5. The molecule has 0 aliphatic heterocycles. The largest absolute Gasteiger partial charge is 0.356 e. The van der Waals surface area contributed by atoms with Gasteiger partial charge in [0, 0.05) is 30.6 Å². The third-order valence-electron chi connectivity index (χ3n) is 2.61. The summed E-state index contributed by atoms with van der Waals surface area (Å²) in [4.78, 5) is 33.5. The van der Waals surface area contributed by atoms with Crippen LogP contribution in [0, 0.1) is 10.1 Å². The van der Waals surface area contributed by atoms with E-state index in [1.54, 1.807) is 0 Å². The maximum atomic E-state index is 11.9. The van der Waals surface area contributed by atoms with Crippen LogP contribution in [-0.2, 0) is 4.79 Å². The van der Waals surface area contributed by atoms with Crippen molar-refractivity contribution in [2.24, 2.45) is 0 Å². The van der Waals surface area contributed by atoms with Gasteiger partial charge in [-0.05, 0) is 18.6 Å². The van der Waals surface area contributed by atoms with Crippen molar-refractivity contribution in [3.8, 4) is 0 Å². The van der Waals surface area contributed by atoms with Crippen LogP contribution in [0.4, 0.5) is 5.69 Å². The molecule has 114 valence electrons. The second-order valence-electron chi connectivity index (χ2n) is 4.27. The maximum Gasteiger partial charge on any atom is 0.282 e. The molecule has 2 N–H and O–H groups in total. The molecular weight excluding hydrogens is 298 g/mol. The first-order valence-electron chi connectivity index (χ1n) is 6.44. The highest BCUT2D eigenvalue weighted by molar-refractivity contribution is 6.31. The quantitative estimate of drug-likeness (QED) is 0.593. The molecule has 1 rings (SSSR count). The van der Waals surface area contributed by atoms with Crippen molar-refractivity contribution in [2.45, 2.75) is 19.8 Å². The third kappa shape index (κ3) is 5.39. The minimum absolute atomic E-state index is 0.0953. The van der Waals surface area contributed by atoms with E-state index in [0.29, 0.717) is 6.54 Å². The topological polar surface area (TPSA) is 101 Å². The Morgan fingerprint density at radius 1 is 1.29 bits per heavy atom. The van der Waals surface area contributed by atoms with Gasteiger partial charge in [-0.1, -0.05) is 18.5 Å². The number of hydrogen-bond acceptors (Lipinski definition) is 4. The Balaban J connectivity index is 2.62. The molecule has 0 fully saturated rings. The van der Waals surface area contributed by atoms with E-state index >= 15 is 0 Å². The Bertz CT molecular complexity index is 548. The van der Waals surface area contributed by atoms with E-state index in [9.17, 15) is 19.7 Å². The molecule has 0 saturated carbocycles. The predicted octanol–water partition coefficient (Wildman–Crippen LogP) is 1.89. The molecule has 1 aromatic carbocycles. The van der Waals surface area contributed by atoms with Crippen molar-refractivity contribution < 1.29 is 14.5 Å². The lowest BCUT2D eigenvalue weighted by Crippen LogP contribution is -2.31. The van der Waals surface area contributed by atoms with Crippen molar-refractivity contribution >= 4 is 29.1 Å². The normalized spacial score (nSPS) is 10.0. The molecule has 0 spiro atoms. The van der Waals surface area contributed by atoms with E-state index in [2.05, 4.69) is 10.6 Å². The van der Waals surface area contributed by atoms with Crippen molar-refractivity contribution in [1.29, 1.82) is 0 Å². The van der Waals surface area contributed by atoms with Crippen molar-refractivity contribution in [3.63, 3.8) is 0 Å². The first-order chi connectivity index (χ1) is 9.95. The van der Waals surface area contributed by atoms with Gasteiger partial charge in [0.05, 0.1) is 4.92 Å². The minimum Gasteiger partial charge on any atom is -0.356 e. The number of halogens is 1. The van der Waals surface area contributed by atoms with Gasteiger partial charge >= 0.3 is 0 Å². The van der Waals surface area contributed by atoms with Crippen LogP contribution in [0.15, 0.2) is 18.2 Å². The molecule has 8 heteroatoms. The number of nitrogens with zero attached hydrogens (tertiary/aromatic N) is 1. The predicted molar refractivity (Wildman–Crippen MR) is 78.4 cm³/mol. The highest BCUT2D eigenvalue weighted by Gasteiger charge is 2.20. The number of rotatable bonds is 7. The second-order valence-corrected chi connectivity index (χ2v) is 4.71. The zero-order chi connectivity index (χ0) is 15.8. The molecule has 0 unspecified atom stereocenters. The van der Waals surface area contributed by atoms with Gasteiger partial charge in [-0.25, -0.2) is 0 Å². The molecular formula is C13H16ClN3O4. The van der Waals surface area contributed by atoms with Gasteiger partial charge < -0.3 is 10.6 Å². The van der Waals surface area contributed by atoms with Crippen LogP contribution in [0.3, 0.4) is 0 Å². The maximum absolute atomic E-state index is 11.9. The zero-order valence-corrected chi connectivity index (χ0v) is 12.3. The van der Waals surface area contributed by atoms with E-state index in [4.69, 9.17) is 11.6 Å². The van der Waals surface area contributed by atoms with Gasteiger partial charge in [0.25, 0.3) is 11.6 Å². The molecule has 2 amide bonds. The third-order valence-corrected chi connectivity index (χ3v) is 2.84. The fraction of sp³-hybridized carbons (Fsp3) is 0.385. The Morgan fingerprint density at radius 3 is 2.62 bits per heavy atom. The summed E-state index contributed by atoms with van der Waals surface area (Å²) in [6.07, 6.45) is 0.937. The van der Waals surface area contributed by atoms with Crippen LogP contribution in [0.25, 0.3) is 0 Å². The van der Waals surface area contributed by atoms with Crippen LogP contribution in [0.5, 0.6) is 0 Å². The lowest BCUT2D eigenvalue weighted by molar-refractivity contribution is -0.385. The molecule has 0 aliphatic rings. The molecule has 0 aliphatic carbocycles. The van der Waals surface area contributed by atoms with E-state index in [-0.39, 0.29) is 35.1 Å². The Morgan fingerprint density at radius 2 is 2.00 bits per heavy atom. The molecule has 21 heavy (non-hydrogen) atoms. The van der Waals surface area contributed by atoms with Crippen LogP contribution in [0.1, 0.15) is 30.1 Å². The van der Waals surface area contributed by atoms with Crippen molar-refractivity contribution in [1.82, 2.24) is 10.6 Å². The van der Waals surface area contributed by atoms with E-state index in [1.807, 2.05) is 6.92 Å². The number of hydrogen-bond donors (Lipinski definition) is 2. The van der Waals surface area contributed by atoms with Crippen LogP contribution >= 0.6 is 11.6 Å². The Kier molecular flexibility index (Phi) is 6.61. The summed E-state index contributed by atoms with van der Waals surface area (Å²) in [6, 6.07) is 3.74. The number of nitro benzene ring substituents is 1. The summed E-state index contributed by atoms with van der Waals surface area (Å²) < 4.78 is 0. The van der Waals surface area contributed by atoms with Gasteiger partial charge in [-0.15, -0.1) is 0 Å². The van der Waals surface area contributed by atoms with Crippen LogP contribution < -0.4 is 10.6 Å². The molecule has 0 heterocycles. The fourth-order valence-electron chi connectivity index (χ4n) is 1.59. The monoisotopic (exact) mass is 313 g/mol. The number of benzene rings is 1. The Labute approximate surface area is 126 Å². The SMILES string of the molecule is CCCNC(=O)CCNC(=O)c1cc(Cl)ccc1[N+](=O)[O-]. The van der Waals surface area contributed by atoms with Gasteiger partial charge in [0.1, 0.15) is 5.56 Å². The molecule has 0 saturated heterocycles.